The molecule has 1 heterocycles. The first-order valence-electron chi connectivity index (χ1n) is 17.0. The van der Waals surface area contributed by atoms with E-state index in [-0.39, 0.29) is 6.03 Å². The number of carbonyl (C=O) groups excluding carboxylic acids is 4. The van der Waals surface area contributed by atoms with Crippen LogP contribution in [0.15, 0.2) is 166 Å². The van der Waals surface area contributed by atoms with E-state index in [0.29, 0.717) is 59.3 Å². The predicted octanol–water partition coefficient (Wildman–Crippen LogP) is 9.50. The monoisotopic (exact) mass is 706 g/mol. The number of amides is 2. The Hall–Kier alpha value is -7.60. The Kier molecular flexibility index (Phi) is 10.4. The van der Waals surface area contributed by atoms with Gasteiger partial charge in [-0.25, -0.2) is 34.0 Å². The SMILES string of the molecule is O=C=Nc1ccc(Cc2ccc(N=C3N(c4ccc(Cc5ccc(N=C=O)cc5)cc4)C(=O)N3c3ccc(Cc4ccc(N=C=O)cc4)cc3)cc2)cc1. The number of carbonyl (C=O) groups is 1. The van der Waals surface area contributed by atoms with Gasteiger partial charge < -0.3 is 0 Å². The van der Waals surface area contributed by atoms with Crippen LogP contribution in [0, 0.1) is 0 Å². The van der Waals surface area contributed by atoms with Crippen LogP contribution in [0.3, 0.4) is 0 Å². The van der Waals surface area contributed by atoms with Crippen molar-refractivity contribution in [2.24, 2.45) is 20.0 Å². The van der Waals surface area contributed by atoms with E-state index in [1.54, 1.807) is 64.4 Å². The molecule has 0 atom stereocenters. The number of benzene rings is 6. The van der Waals surface area contributed by atoms with E-state index in [1.165, 1.54) is 0 Å². The molecule has 0 aromatic heterocycles. The summed E-state index contributed by atoms with van der Waals surface area (Å²) in [6.45, 7) is 0. The summed E-state index contributed by atoms with van der Waals surface area (Å²) < 4.78 is 0. The number of aliphatic imine (C=N–C) groups is 4. The van der Waals surface area contributed by atoms with Gasteiger partial charge in [0, 0.05) is 0 Å². The van der Waals surface area contributed by atoms with Crippen LogP contribution in [0.2, 0.25) is 0 Å². The maximum Gasteiger partial charge on any atom is 0.342 e. The number of nitrogens with zero attached hydrogens (tertiary/aromatic N) is 6. The highest BCUT2D eigenvalue weighted by atomic mass is 16.2. The molecule has 6 aromatic rings. The van der Waals surface area contributed by atoms with Gasteiger partial charge in [-0.15, -0.1) is 0 Å². The molecule has 0 N–H and O–H groups in total. The highest BCUT2D eigenvalue weighted by Gasteiger charge is 2.43. The van der Waals surface area contributed by atoms with E-state index in [1.807, 2.05) is 109 Å². The number of hydrogen-bond donors (Lipinski definition) is 0. The normalized spacial score (nSPS) is 11.9. The average Bonchev–Trinajstić information content (AvgIpc) is 3.19. The minimum Gasteiger partial charge on any atom is -0.247 e. The maximum absolute atomic E-state index is 13.9. The molecular formula is C44H30N6O4. The first kappa shape index (κ1) is 34.8. The van der Waals surface area contributed by atoms with E-state index in [2.05, 4.69) is 15.0 Å². The zero-order chi connectivity index (χ0) is 37.3. The Morgan fingerprint density at radius 1 is 0.370 bits per heavy atom. The summed E-state index contributed by atoms with van der Waals surface area (Å²) in [7, 11) is 0. The fourth-order valence-electron chi connectivity index (χ4n) is 6.14. The lowest BCUT2D eigenvalue weighted by Crippen LogP contribution is -2.65. The Morgan fingerprint density at radius 3 is 0.907 bits per heavy atom. The standard InChI is InChI=1S/C44H30N6O4/c51-28-45-37-13-1-31(2-14-37)25-34-7-19-40(20-8-34)48-43-49(41-21-9-35(10-22-41)26-32-3-15-38(16-4-32)46-29-52)44(54)50(43)42-23-11-36(12-24-42)27-33-5-17-39(18-6-33)47-30-53/h1-24H,25-27H2. The van der Waals surface area contributed by atoms with Crippen molar-refractivity contribution in [1.29, 1.82) is 0 Å². The van der Waals surface area contributed by atoms with Crippen molar-refractivity contribution >= 4 is 64.4 Å². The van der Waals surface area contributed by atoms with Crippen molar-refractivity contribution in [3.05, 3.63) is 179 Å². The molecule has 0 aliphatic carbocycles. The van der Waals surface area contributed by atoms with Crippen molar-refractivity contribution in [2.75, 3.05) is 9.80 Å². The van der Waals surface area contributed by atoms with Crippen molar-refractivity contribution in [3.63, 3.8) is 0 Å². The summed E-state index contributed by atoms with van der Waals surface area (Å²) in [5.74, 6) is 0.470. The predicted molar refractivity (Wildman–Crippen MR) is 208 cm³/mol. The van der Waals surface area contributed by atoms with Gasteiger partial charge in [-0.2, -0.15) is 15.0 Å². The van der Waals surface area contributed by atoms with Gasteiger partial charge in [0.1, 0.15) is 0 Å². The van der Waals surface area contributed by atoms with Gasteiger partial charge in [0.25, 0.3) is 0 Å². The molecule has 1 saturated heterocycles. The first-order valence-corrected chi connectivity index (χ1v) is 17.0. The molecule has 10 nitrogen and oxygen atoms in total. The van der Waals surface area contributed by atoms with Crippen molar-refractivity contribution in [3.8, 4) is 0 Å². The van der Waals surface area contributed by atoms with Crippen molar-refractivity contribution in [1.82, 2.24) is 0 Å². The van der Waals surface area contributed by atoms with Gasteiger partial charge in [0.15, 0.2) is 0 Å². The van der Waals surface area contributed by atoms with Crippen LogP contribution in [-0.4, -0.2) is 30.2 Å². The van der Waals surface area contributed by atoms with Crippen LogP contribution in [-0.2, 0) is 33.6 Å². The summed E-state index contributed by atoms with van der Waals surface area (Å²) in [5.41, 5.74) is 10.1. The molecule has 6 aromatic carbocycles. The third-order valence-corrected chi connectivity index (χ3v) is 8.90. The van der Waals surface area contributed by atoms with Crippen molar-refractivity contribution in [2.45, 2.75) is 19.3 Å². The van der Waals surface area contributed by atoms with E-state index in [4.69, 9.17) is 4.99 Å². The summed E-state index contributed by atoms with van der Waals surface area (Å²) >= 11 is 0. The third-order valence-electron chi connectivity index (χ3n) is 8.90. The number of hydrogen-bond acceptors (Lipinski definition) is 8. The maximum atomic E-state index is 13.9. The van der Waals surface area contributed by atoms with Gasteiger partial charge in [0.05, 0.1) is 34.1 Å². The molecule has 2 amide bonds. The lowest BCUT2D eigenvalue weighted by Gasteiger charge is -2.42. The Bertz CT molecular complexity index is 2340. The van der Waals surface area contributed by atoms with E-state index >= 15 is 0 Å². The van der Waals surface area contributed by atoms with E-state index in [9.17, 15) is 19.2 Å². The Balaban J connectivity index is 1.13. The number of guanidine groups is 1. The highest BCUT2D eigenvalue weighted by Crippen LogP contribution is 2.33. The Morgan fingerprint density at radius 2 is 0.630 bits per heavy atom. The zero-order valence-corrected chi connectivity index (χ0v) is 28.8. The topological polar surface area (TPSA) is 124 Å². The van der Waals surface area contributed by atoms with Gasteiger partial charge in [0.2, 0.25) is 24.2 Å². The molecular weight excluding hydrogens is 677 g/mol. The second-order valence-corrected chi connectivity index (χ2v) is 12.5. The molecule has 0 saturated carbocycles. The number of urea groups is 1. The van der Waals surface area contributed by atoms with Crippen LogP contribution in [0.25, 0.3) is 0 Å². The van der Waals surface area contributed by atoms with Gasteiger partial charge in [-0.1, -0.05) is 72.8 Å². The molecule has 0 spiro atoms. The van der Waals surface area contributed by atoms with Crippen LogP contribution < -0.4 is 9.80 Å². The molecule has 0 radical (unpaired) electrons. The first-order chi connectivity index (χ1) is 26.5. The quantitative estimate of drug-likeness (QED) is 0.0929. The molecule has 1 aliphatic rings. The molecule has 0 bridgehead atoms. The van der Waals surface area contributed by atoms with E-state index < -0.39 is 0 Å². The molecule has 54 heavy (non-hydrogen) atoms. The van der Waals surface area contributed by atoms with Gasteiger partial charge >= 0.3 is 6.03 Å². The van der Waals surface area contributed by atoms with Crippen LogP contribution in [0.1, 0.15) is 33.4 Å². The second kappa shape index (κ2) is 16.2. The molecule has 7 rings (SSSR count). The minimum absolute atomic E-state index is 0.231. The lowest BCUT2D eigenvalue weighted by atomic mass is 10.0. The third kappa shape index (κ3) is 8.13. The lowest BCUT2D eigenvalue weighted by molar-refractivity contribution is 0.253. The van der Waals surface area contributed by atoms with Crippen LogP contribution in [0.5, 0.6) is 0 Å². The average molecular weight is 707 g/mol. The van der Waals surface area contributed by atoms with Crippen LogP contribution in [0.4, 0.5) is 38.9 Å². The van der Waals surface area contributed by atoms with Crippen molar-refractivity contribution < 1.29 is 19.2 Å². The summed E-state index contributed by atoms with van der Waals surface area (Å²) in [6.07, 6.45) is 6.68. The van der Waals surface area contributed by atoms with Gasteiger partial charge in [-0.3, -0.25) is 0 Å². The number of rotatable bonds is 12. The molecule has 260 valence electrons. The molecule has 1 aliphatic heterocycles. The Labute approximate surface area is 310 Å². The van der Waals surface area contributed by atoms with Crippen LogP contribution >= 0.6 is 0 Å². The largest absolute Gasteiger partial charge is 0.342 e. The highest BCUT2D eigenvalue weighted by molar-refractivity contribution is 6.43. The fourth-order valence-corrected chi connectivity index (χ4v) is 6.14. The molecule has 10 heteroatoms. The van der Waals surface area contributed by atoms with Gasteiger partial charge in [-0.05, 0) is 125 Å². The minimum atomic E-state index is -0.231. The summed E-state index contributed by atoms with van der Waals surface area (Å²) in [5, 5.41) is 0. The second-order valence-electron chi connectivity index (χ2n) is 12.5. The molecule has 0 unspecified atom stereocenters. The smallest absolute Gasteiger partial charge is 0.247 e. The zero-order valence-electron chi connectivity index (χ0n) is 28.8. The summed E-state index contributed by atoms with van der Waals surface area (Å²) in [4.78, 5) is 64.7. The summed E-state index contributed by atoms with van der Waals surface area (Å²) in [6, 6.07) is 45.4. The molecule has 1 fully saturated rings. The number of anilines is 2. The fraction of sp³-hybridized carbons (Fsp3) is 0.0682. The number of isocyanates is 3. The van der Waals surface area contributed by atoms with E-state index in [0.717, 1.165) is 33.4 Å².